The molecule has 1 unspecified atom stereocenters. The third-order valence-corrected chi connectivity index (χ3v) is 7.43. The number of aromatic nitrogens is 1. The van der Waals surface area contributed by atoms with E-state index in [1.54, 1.807) is 17.2 Å². The van der Waals surface area contributed by atoms with Gasteiger partial charge in [-0.15, -0.1) is 0 Å². The van der Waals surface area contributed by atoms with Crippen molar-refractivity contribution in [2.75, 3.05) is 18.0 Å². The van der Waals surface area contributed by atoms with Crippen molar-refractivity contribution in [2.24, 2.45) is 0 Å². The van der Waals surface area contributed by atoms with Gasteiger partial charge in [0.1, 0.15) is 17.6 Å². The number of anilines is 1. The van der Waals surface area contributed by atoms with Gasteiger partial charge in [0.05, 0.1) is 16.1 Å². The van der Waals surface area contributed by atoms with Gasteiger partial charge in [0.25, 0.3) is 0 Å². The number of carbonyl (C=O) groups is 1. The topological polar surface area (TPSA) is 62.7 Å². The van der Waals surface area contributed by atoms with Gasteiger partial charge in [0.2, 0.25) is 0 Å². The monoisotopic (exact) mass is 441 g/mol. The number of hydrogen-bond acceptors (Lipinski definition) is 4. The Morgan fingerprint density at radius 3 is 2.73 bits per heavy atom. The summed E-state index contributed by atoms with van der Waals surface area (Å²) in [5, 5.41) is 1.60. The molecule has 3 aromatic rings. The van der Waals surface area contributed by atoms with Crippen LogP contribution in [0.4, 0.5) is 10.5 Å². The Labute approximate surface area is 182 Å². The molecule has 1 atom stereocenters. The minimum absolute atomic E-state index is 0.00313. The van der Waals surface area contributed by atoms with Gasteiger partial charge < -0.3 is 4.74 Å². The Morgan fingerprint density at radius 1 is 1.10 bits per heavy atom. The van der Waals surface area contributed by atoms with Crippen molar-refractivity contribution in [1.82, 2.24) is 9.29 Å². The first-order valence-electron chi connectivity index (χ1n) is 9.87. The molecule has 3 heterocycles. The zero-order chi connectivity index (χ0) is 20.7. The van der Waals surface area contributed by atoms with Gasteiger partial charge in [0.15, 0.2) is 0 Å². The molecule has 8 heteroatoms. The van der Waals surface area contributed by atoms with Crippen LogP contribution in [-0.4, -0.2) is 38.7 Å². The third-order valence-electron chi connectivity index (χ3n) is 5.66. The molecule has 5 rings (SSSR count). The van der Waals surface area contributed by atoms with E-state index < -0.39 is 11.0 Å². The van der Waals surface area contributed by atoms with Crippen LogP contribution in [-0.2, 0) is 22.3 Å². The van der Waals surface area contributed by atoms with Crippen LogP contribution >= 0.6 is 11.6 Å². The smallest absolute Gasteiger partial charge is 0.414 e. The fraction of sp³-hybridized carbons (Fsp3) is 0.273. The second-order valence-electron chi connectivity index (χ2n) is 7.44. The maximum Gasteiger partial charge on any atom is 0.414 e. The predicted molar refractivity (Wildman–Crippen MR) is 117 cm³/mol. The highest BCUT2D eigenvalue weighted by Gasteiger charge is 2.35. The largest absolute Gasteiger partial charge is 0.444 e. The van der Waals surface area contributed by atoms with Crippen molar-refractivity contribution in [3.8, 4) is 0 Å². The van der Waals surface area contributed by atoms with E-state index >= 15 is 0 Å². The van der Waals surface area contributed by atoms with Gasteiger partial charge in [-0.25, -0.2) is 13.3 Å². The van der Waals surface area contributed by atoms with E-state index in [1.807, 2.05) is 46.8 Å². The maximum atomic E-state index is 13.3. The number of para-hydroxylation sites is 1. The van der Waals surface area contributed by atoms with Crippen LogP contribution in [0.3, 0.4) is 0 Å². The number of fused-ring (bicyclic) bond motifs is 2. The van der Waals surface area contributed by atoms with Crippen LogP contribution in [0.5, 0.6) is 0 Å². The summed E-state index contributed by atoms with van der Waals surface area (Å²) in [4.78, 5) is 19.4. The van der Waals surface area contributed by atoms with Crippen molar-refractivity contribution in [1.29, 1.82) is 0 Å². The summed E-state index contributed by atoms with van der Waals surface area (Å²) in [5.74, 6) is 0. The highest BCUT2D eigenvalue weighted by Crippen LogP contribution is 2.34. The summed E-state index contributed by atoms with van der Waals surface area (Å²) in [6.45, 7) is 1.47. The van der Waals surface area contributed by atoms with Crippen molar-refractivity contribution in [3.05, 3.63) is 65.3 Å². The Morgan fingerprint density at radius 2 is 1.90 bits per heavy atom. The molecule has 0 saturated carbocycles. The zero-order valence-electron chi connectivity index (χ0n) is 16.2. The molecule has 2 aliphatic heterocycles. The van der Waals surface area contributed by atoms with Crippen LogP contribution in [0, 0.1) is 0 Å². The van der Waals surface area contributed by atoms with E-state index in [4.69, 9.17) is 16.3 Å². The molecule has 0 N–H and O–H groups in total. The van der Waals surface area contributed by atoms with Crippen molar-refractivity contribution in [3.63, 3.8) is 0 Å². The molecule has 6 nitrogen and oxygen atoms in total. The molecule has 2 aromatic carbocycles. The Balaban J connectivity index is 1.34. The molecule has 0 radical (unpaired) electrons. The number of cyclic esters (lactones) is 1. The minimum atomic E-state index is -1.30. The summed E-state index contributed by atoms with van der Waals surface area (Å²) >= 11 is 6.10. The standard InChI is InChI=1S/C22H20ClN3O3S/c23-17-6-7-19-16(13-17)14-29-22(27)26(19)18-8-11-25(12-9-18)30(28)20-5-1-3-15-4-2-10-24-21(15)20/h1-7,10,13,18H,8-9,11-12,14H2. The number of carbonyl (C=O) groups excluding carboxylic acids is 1. The van der Waals surface area contributed by atoms with Crippen molar-refractivity contribution in [2.45, 2.75) is 30.4 Å². The number of nitrogens with zero attached hydrogens (tertiary/aromatic N) is 3. The average molecular weight is 442 g/mol. The molecule has 0 aliphatic carbocycles. The van der Waals surface area contributed by atoms with Crippen LogP contribution < -0.4 is 4.90 Å². The van der Waals surface area contributed by atoms with Crippen molar-refractivity contribution < 1.29 is 13.7 Å². The number of pyridine rings is 1. The quantitative estimate of drug-likeness (QED) is 0.599. The fourth-order valence-electron chi connectivity index (χ4n) is 4.18. The van der Waals surface area contributed by atoms with Gasteiger partial charge in [-0.2, -0.15) is 0 Å². The second kappa shape index (κ2) is 7.98. The summed E-state index contributed by atoms with van der Waals surface area (Å²) in [7, 11) is -1.30. The lowest BCUT2D eigenvalue weighted by atomic mass is 10.0. The molecule has 1 amide bonds. The lowest BCUT2D eigenvalue weighted by Gasteiger charge is -2.39. The Kier molecular flexibility index (Phi) is 5.18. The normalized spacial score (nSPS) is 18.8. The van der Waals surface area contributed by atoms with E-state index in [9.17, 15) is 9.00 Å². The van der Waals surface area contributed by atoms with Crippen molar-refractivity contribution >= 4 is 45.3 Å². The Hall–Kier alpha value is -2.48. The second-order valence-corrected chi connectivity index (χ2v) is 9.33. The van der Waals surface area contributed by atoms with Gasteiger partial charge in [-0.1, -0.05) is 29.8 Å². The molecular formula is C22H20ClN3O3S. The molecule has 0 spiro atoms. The highest BCUT2D eigenvalue weighted by molar-refractivity contribution is 7.83. The predicted octanol–water partition coefficient (Wildman–Crippen LogP) is 4.53. The minimum Gasteiger partial charge on any atom is -0.444 e. The number of rotatable bonds is 3. The van der Waals surface area contributed by atoms with Crippen LogP contribution in [0.2, 0.25) is 5.02 Å². The summed E-state index contributed by atoms with van der Waals surface area (Å²) in [6.07, 6.45) is 2.81. The van der Waals surface area contributed by atoms with Gasteiger partial charge >= 0.3 is 6.09 Å². The van der Waals surface area contributed by atoms with E-state index in [0.29, 0.717) is 31.0 Å². The highest BCUT2D eigenvalue weighted by atomic mass is 35.5. The molecule has 0 bridgehead atoms. The molecule has 1 aromatic heterocycles. The van der Waals surface area contributed by atoms with Gasteiger partial charge in [0, 0.05) is 41.3 Å². The van der Waals surface area contributed by atoms with Crippen LogP contribution in [0.15, 0.2) is 59.6 Å². The number of benzene rings is 2. The summed E-state index contributed by atoms with van der Waals surface area (Å²) in [6, 6.07) is 15.1. The maximum absolute atomic E-state index is 13.3. The van der Waals surface area contributed by atoms with Gasteiger partial charge in [-0.05, 0) is 43.2 Å². The first kappa shape index (κ1) is 19.5. The Bertz CT molecular complexity index is 1140. The van der Waals surface area contributed by atoms with Gasteiger partial charge in [-0.3, -0.25) is 9.88 Å². The van der Waals surface area contributed by atoms with E-state index in [0.717, 1.165) is 27.0 Å². The molecule has 30 heavy (non-hydrogen) atoms. The third kappa shape index (κ3) is 3.47. The number of amides is 1. The first-order chi connectivity index (χ1) is 14.6. The first-order valence-corrected chi connectivity index (χ1v) is 11.4. The SMILES string of the molecule is O=C1OCc2cc(Cl)ccc2N1C1CCN(S(=O)c2cccc3cccnc23)CC1. The van der Waals surface area contributed by atoms with E-state index in [1.165, 1.54) is 0 Å². The van der Waals surface area contributed by atoms with Crippen LogP contribution in [0.25, 0.3) is 10.9 Å². The molecule has 2 aliphatic rings. The molecule has 1 saturated heterocycles. The number of hydrogen-bond donors (Lipinski definition) is 0. The number of piperidine rings is 1. The molecule has 154 valence electrons. The molecule has 1 fully saturated rings. The van der Waals surface area contributed by atoms with Crippen LogP contribution in [0.1, 0.15) is 18.4 Å². The average Bonchev–Trinajstić information content (AvgIpc) is 2.78. The lowest BCUT2D eigenvalue weighted by molar-refractivity contribution is 0.136. The lowest BCUT2D eigenvalue weighted by Crippen LogP contribution is -2.49. The summed E-state index contributed by atoms with van der Waals surface area (Å²) < 4.78 is 20.6. The molecular weight excluding hydrogens is 422 g/mol. The number of ether oxygens (including phenoxy) is 1. The van der Waals surface area contributed by atoms with E-state index in [2.05, 4.69) is 4.98 Å². The summed E-state index contributed by atoms with van der Waals surface area (Å²) in [5.41, 5.74) is 2.54. The fourth-order valence-corrected chi connectivity index (χ4v) is 5.73. The number of halogens is 1. The van der Waals surface area contributed by atoms with E-state index in [-0.39, 0.29) is 18.7 Å². The zero-order valence-corrected chi connectivity index (χ0v) is 17.7.